The van der Waals surface area contributed by atoms with E-state index in [1.54, 1.807) is 0 Å². The Bertz CT molecular complexity index is 625. The van der Waals surface area contributed by atoms with Crippen molar-refractivity contribution in [1.29, 1.82) is 0 Å². The van der Waals surface area contributed by atoms with Gasteiger partial charge in [-0.15, -0.1) is 12.4 Å². The van der Waals surface area contributed by atoms with Gasteiger partial charge in [-0.2, -0.15) is 0 Å². The summed E-state index contributed by atoms with van der Waals surface area (Å²) in [6, 6.07) is 2.85. The van der Waals surface area contributed by atoms with Gasteiger partial charge in [0.15, 0.2) is 11.6 Å². The molecule has 1 aliphatic heterocycles. The highest BCUT2D eigenvalue weighted by Gasteiger charge is 2.26. The van der Waals surface area contributed by atoms with Gasteiger partial charge in [-0.05, 0) is 45.4 Å². The van der Waals surface area contributed by atoms with E-state index in [4.69, 9.17) is 4.74 Å². The number of halogens is 2. The molecule has 0 radical (unpaired) electrons. The summed E-state index contributed by atoms with van der Waals surface area (Å²) in [5.41, 5.74) is 0.0730. The first-order valence-electron chi connectivity index (χ1n) is 6.94. The molecule has 1 aliphatic rings. The third kappa shape index (κ3) is 4.10. The molecule has 1 aromatic rings. The molecule has 0 spiro atoms. The van der Waals surface area contributed by atoms with Crippen LogP contribution >= 0.6 is 12.4 Å². The van der Waals surface area contributed by atoms with Crippen LogP contribution in [0.4, 0.5) is 4.39 Å². The molecule has 2 unspecified atom stereocenters. The number of ether oxygens (including phenoxy) is 1. The van der Waals surface area contributed by atoms with Crippen LogP contribution in [0.5, 0.6) is 5.75 Å². The van der Waals surface area contributed by atoms with Gasteiger partial charge in [-0.3, -0.25) is 0 Å². The molecule has 2 rings (SSSR count). The van der Waals surface area contributed by atoms with Gasteiger partial charge < -0.3 is 10.1 Å². The van der Waals surface area contributed by atoms with Crippen LogP contribution < -0.4 is 14.8 Å². The molecule has 5 nitrogen and oxygen atoms in total. The lowest BCUT2D eigenvalue weighted by Crippen LogP contribution is -2.46. The van der Waals surface area contributed by atoms with Crippen LogP contribution in [0.2, 0.25) is 0 Å². The first-order valence-corrected chi connectivity index (χ1v) is 8.42. The van der Waals surface area contributed by atoms with Crippen LogP contribution in [0.1, 0.15) is 25.3 Å². The molecule has 0 aromatic heterocycles. The van der Waals surface area contributed by atoms with Crippen molar-refractivity contribution < 1.29 is 17.5 Å². The maximum atomic E-state index is 14.0. The number of hydrogen-bond donors (Lipinski definition) is 2. The molecule has 1 fully saturated rings. The summed E-state index contributed by atoms with van der Waals surface area (Å²) in [5.74, 6) is -0.596. The topological polar surface area (TPSA) is 67.4 Å². The maximum Gasteiger partial charge on any atom is 0.241 e. The standard InChI is InChI=1S/C14H21FN2O3S.ClH/c1-9-8-11(6-7-16-9)17-21(18,19)13-5-4-12(20-3)14(15)10(13)2;/h4-5,9,11,16-17H,6-8H2,1-3H3;1H. The zero-order chi connectivity index (χ0) is 15.6. The highest BCUT2D eigenvalue weighted by atomic mass is 35.5. The molecule has 1 heterocycles. The highest BCUT2D eigenvalue weighted by Crippen LogP contribution is 2.26. The Morgan fingerprint density at radius 2 is 2.09 bits per heavy atom. The molecule has 2 atom stereocenters. The van der Waals surface area contributed by atoms with Gasteiger partial charge in [0.05, 0.1) is 12.0 Å². The largest absolute Gasteiger partial charge is 0.494 e. The molecule has 0 amide bonds. The number of sulfonamides is 1. The highest BCUT2D eigenvalue weighted by molar-refractivity contribution is 7.89. The average Bonchev–Trinajstić information content (AvgIpc) is 2.41. The Hall–Kier alpha value is -0.890. The third-order valence-electron chi connectivity index (χ3n) is 3.76. The molecule has 8 heteroatoms. The Morgan fingerprint density at radius 1 is 1.41 bits per heavy atom. The van der Waals surface area contributed by atoms with Crippen LogP contribution in [-0.4, -0.2) is 34.2 Å². The summed E-state index contributed by atoms with van der Waals surface area (Å²) < 4.78 is 46.4. The molecule has 0 aliphatic carbocycles. The van der Waals surface area contributed by atoms with E-state index in [0.29, 0.717) is 0 Å². The fourth-order valence-corrected chi connectivity index (χ4v) is 4.13. The Balaban J connectivity index is 0.00000242. The molecule has 2 N–H and O–H groups in total. The summed E-state index contributed by atoms with van der Waals surface area (Å²) in [5, 5.41) is 3.26. The van der Waals surface area contributed by atoms with Crippen molar-refractivity contribution in [2.24, 2.45) is 0 Å². The Kier molecular flexibility index (Phi) is 6.61. The van der Waals surface area contributed by atoms with E-state index in [1.807, 2.05) is 6.92 Å². The van der Waals surface area contributed by atoms with Gasteiger partial charge in [-0.1, -0.05) is 0 Å². The van der Waals surface area contributed by atoms with E-state index in [1.165, 1.54) is 26.2 Å². The minimum atomic E-state index is -3.73. The maximum absolute atomic E-state index is 14.0. The first-order chi connectivity index (χ1) is 9.85. The van der Waals surface area contributed by atoms with Crippen LogP contribution in [0.15, 0.2) is 17.0 Å². The third-order valence-corrected chi connectivity index (χ3v) is 5.42. The minimum Gasteiger partial charge on any atom is -0.494 e. The summed E-state index contributed by atoms with van der Waals surface area (Å²) in [4.78, 5) is -0.0352. The number of hydrogen-bond acceptors (Lipinski definition) is 4. The Morgan fingerprint density at radius 3 is 2.68 bits per heavy atom. The van der Waals surface area contributed by atoms with Crippen molar-refractivity contribution in [3.63, 3.8) is 0 Å². The predicted octanol–water partition coefficient (Wildman–Crippen LogP) is 1.98. The van der Waals surface area contributed by atoms with Crippen LogP contribution in [-0.2, 0) is 10.0 Å². The smallest absolute Gasteiger partial charge is 0.241 e. The summed E-state index contributed by atoms with van der Waals surface area (Å²) in [6.45, 7) is 4.22. The zero-order valence-electron chi connectivity index (χ0n) is 12.8. The summed E-state index contributed by atoms with van der Waals surface area (Å²) in [6.07, 6.45) is 1.44. The quantitative estimate of drug-likeness (QED) is 0.869. The van der Waals surface area contributed by atoms with Crippen LogP contribution in [0, 0.1) is 12.7 Å². The van der Waals surface area contributed by atoms with Gasteiger partial charge in [0, 0.05) is 17.6 Å². The fourth-order valence-electron chi connectivity index (χ4n) is 2.61. The Labute approximate surface area is 137 Å². The number of nitrogens with one attached hydrogen (secondary N) is 2. The van der Waals surface area contributed by atoms with Crippen molar-refractivity contribution in [1.82, 2.24) is 10.0 Å². The molecular formula is C14H22ClFN2O3S. The second-order valence-electron chi connectivity index (χ2n) is 5.40. The second kappa shape index (κ2) is 7.59. The lowest BCUT2D eigenvalue weighted by Gasteiger charge is -2.28. The van der Waals surface area contributed by atoms with E-state index < -0.39 is 15.8 Å². The first kappa shape index (κ1) is 19.2. The van der Waals surface area contributed by atoms with Crippen molar-refractivity contribution in [3.8, 4) is 5.75 Å². The van der Waals surface area contributed by atoms with E-state index in [-0.39, 0.29) is 40.7 Å². The fraction of sp³-hybridized carbons (Fsp3) is 0.571. The number of benzene rings is 1. The molecule has 1 aromatic carbocycles. The molecule has 0 bridgehead atoms. The number of rotatable bonds is 4. The van der Waals surface area contributed by atoms with Crippen LogP contribution in [0.25, 0.3) is 0 Å². The number of methoxy groups -OCH3 is 1. The molecule has 0 saturated carbocycles. The molecular weight excluding hydrogens is 331 g/mol. The van der Waals surface area contributed by atoms with E-state index in [0.717, 1.165) is 19.4 Å². The second-order valence-corrected chi connectivity index (χ2v) is 7.09. The molecule has 22 heavy (non-hydrogen) atoms. The normalized spacial score (nSPS) is 22.0. The van der Waals surface area contributed by atoms with Gasteiger partial charge in [0.25, 0.3) is 0 Å². The molecule has 1 saturated heterocycles. The van der Waals surface area contributed by atoms with Crippen molar-refractivity contribution in [3.05, 3.63) is 23.5 Å². The predicted molar refractivity (Wildman–Crippen MR) is 85.7 cm³/mol. The average molecular weight is 353 g/mol. The van der Waals surface area contributed by atoms with Crippen LogP contribution in [0.3, 0.4) is 0 Å². The summed E-state index contributed by atoms with van der Waals surface area (Å²) >= 11 is 0. The lowest BCUT2D eigenvalue weighted by atomic mass is 10.0. The minimum absolute atomic E-state index is 0. The van der Waals surface area contributed by atoms with Crippen molar-refractivity contribution in [2.45, 2.75) is 43.7 Å². The zero-order valence-corrected chi connectivity index (χ0v) is 14.5. The van der Waals surface area contributed by atoms with Gasteiger partial charge in [0.1, 0.15) is 0 Å². The monoisotopic (exact) mass is 352 g/mol. The van der Waals surface area contributed by atoms with Gasteiger partial charge in [-0.25, -0.2) is 17.5 Å². The van der Waals surface area contributed by atoms with Gasteiger partial charge in [0.2, 0.25) is 10.0 Å². The van der Waals surface area contributed by atoms with E-state index >= 15 is 0 Å². The number of piperidine rings is 1. The SMILES string of the molecule is COc1ccc(S(=O)(=O)NC2CCNC(C)C2)c(C)c1F.Cl. The van der Waals surface area contributed by atoms with Gasteiger partial charge >= 0.3 is 0 Å². The summed E-state index contributed by atoms with van der Waals surface area (Å²) in [7, 11) is -2.39. The van der Waals surface area contributed by atoms with E-state index in [2.05, 4.69) is 10.0 Å². The molecule has 126 valence electrons. The van der Waals surface area contributed by atoms with E-state index in [9.17, 15) is 12.8 Å². The van der Waals surface area contributed by atoms with Crippen molar-refractivity contribution in [2.75, 3.05) is 13.7 Å². The lowest BCUT2D eigenvalue weighted by molar-refractivity contribution is 0.361. The van der Waals surface area contributed by atoms with Crippen molar-refractivity contribution >= 4 is 22.4 Å².